The molecule has 7 nitrogen and oxygen atoms in total. The van der Waals surface area contributed by atoms with Crippen LogP contribution >= 0.6 is 27.5 Å². The minimum atomic E-state index is -0.925. The van der Waals surface area contributed by atoms with E-state index in [0.29, 0.717) is 26.6 Å². The lowest BCUT2D eigenvalue weighted by Crippen LogP contribution is -2.54. The molecule has 1 fully saturated rings. The normalized spacial score (nSPS) is 14.8. The highest BCUT2D eigenvalue weighted by molar-refractivity contribution is 9.10. The van der Waals surface area contributed by atoms with Crippen molar-refractivity contribution in [2.75, 3.05) is 12.0 Å². The second-order valence-electron chi connectivity index (χ2n) is 7.37. The summed E-state index contributed by atoms with van der Waals surface area (Å²) in [6.45, 7) is 0.260. The first-order valence-electron chi connectivity index (χ1n) is 10.2. The predicted octanol–water partition coefficient (Wildman–Crippen LogP) is 5.50. The smallest absolute Gasteiger partial charge is 0.335 e. The second-order valence-corrected chi connectivity index (χ2v) is 8.66. The van der Waals surface area contributed by atoms with Gasteiger partial charge in [-0.25, -0.2) is 14.1 Å². The number of urea groups is 1. The van der Waals surface area contributed by atoms with Gasteiger partial charge in [0, 0.05) is 9.50 Å². The molecular weight excluding hydrogens is 543 g/mol. The Labute approximate surface area is 213 Å². The highest BCUT2D eigenvalue weighted by Crippen LogP contribution is 2.35. The van der Waals surface area contributed by atoms with Crippen molar-refractivity contribution < 1.29 is 28.2 Å². The number of ether oxygens (including phenoxy) is 2. The molecule has 0 saturated carbocycles. The molecule has 178 valence electrons. The van der Waals surface area contributed by atoms with E-state index in [0.717, 1.165) is 22.6 Å². The van der Waals surface area contributed by atoms with Crippen LogP contribution in [0.3, 0.4) is 0 Å². The summed E-state index contributed by atoms with van der Waals surface area (Å²) in [4.78, 5) is 38.6. The van der Waals surface area contributed by atoms with Gasteiger partial charge in [-0.15, -0.1) is 0 Å². The lowest BCUT2D eigenvalue weighted by Gasteiger charge is -2.26. The Balaban J connectivity index is 1.63. The van der Waals surface area contributed by atoms with Gasteiger partial charge in [0.15, 0.2) is 11.5 Å². The molecule has 1 aliphatic rings. The first kappa shape index (κ1) is 24.4. The van der Waals surface area contributed by atoms with E-state index in [1.807, 2.05) is 12.1 Å². The number of anilines is 1. The molecule has 35 heavy (non-hydrogen) atoms. The van der Waals surface area contributed by atoms with Gasteiger partial charge in [0.25, 0.3) is 11.8 Å². The third-order valence-electron chi connectivity index (χ3n) is 5.08. The molecule has 3 aromatic rings. The van der Waals surface area contributed by atoms with E-state index in [9.17, 15) is 18.8 Å². The number of carbonyl (C=O) groups excluding carboxylic acids is 3. The minimum Gasteiger partial charge on any atom is -0.493 e. The molecule has 0 aromatic heterocycles. The van der Waals surface area contributed by atoms with Crippen LogP contribution in [-0.2, 0) is 16.2 Å². The number of barbiturate groups is 1. The van der Waals surface area contributed by atoms with Gasteiger partial charge in [-0.1, -0.05) is 39.7 Å². The van der Waals surface area contributed by atoms with Gasteiger partial charge in [0.2, 0.25) is 0 Å². The highest BCUT2D eigenvalue weighted by atomic mass is 79.9. The summed E-state index contributed by atoms with van der Waals surface area (Å²) in [5, 5.41) is 2.75. The van der Waals surface area contributed by atoms with E-state index >= 15 is 0 Å². The van der Waals surface area contributed by atoms with E-state index < -0.39 is 23.7 Å². The van der Waals surface area contributed by atoms with E-state index in [1.165, 1.54) is 25.3 Å². The van der Waals surface area contributed by atoms with Crippen LogP contribution < -0.4 is 19.7 Å². The van der Waals surface area contributed by atoms with E-state index in [4.69, 9.17) is 21.1 Å². The SMILES string of the molecule is COc1cc(/C=C2\C(=O)NC(=O)N(c3ccc(F)cc3)C2=O)c(Br)cc1OCc1ccc(Cl)cc1. The van der Waals surface area contributed by atoms with Crippen LogP contribution in [0, 0.1) is 5.82 Å². The molecule has 1 N–H and O–H groups in total. The summed E-state index contributed by atoms with van der Waals surface area (Å²) in [7, 11) is 1.46. The Bertz CT molecular complexity index is 1340. The number of imide groups is 2. The standard InChI is InChI=1S/C25H17BrClFN2O5/c1-34-21-11-15(20(26)12-22(21)35-13-14-2-4-16(27)5-3-14)10-19-23(31)29-25(33)30(24(19)32)18-8-6-17(28)7-9-18/h2-12H,13H2,1H3,(H,29,31,33)/b19-10+. The van der Waals surface area contributed by atoms with E-state index in [1.54, 1.807) is 24.3 Å². The topological polar surface area (TPSA) is 84.9 Å². The lowest BCUT2D eigenvalue weighted by atomic mass is 10.1. The molecule has 10 heteroatoms. The van der Waals surface area contributed by atoms with Crippen LogP contribution in [0.2, 0.25) is 5.02 Å². The number of nitrogens with one attached hydrogen (secondary N) is 1. The van der Waals surface area contributed by atoms with Gasteiger partial charge in [-0.2, -0.15) is 0 Å². The maximum absolute atomic E-state index is 13.3. The first-order valence-corrected chi connectivity index (χ1v) is 11.4. The molecule has 0 bridgehead atoms. The Kier molecular flexibility index (Phi) is 7.18. The number of carbonyl (C=O) groups is 3. The fourth-order valence-corrected chi connectivity index (χ4v) is 3.88. The van der Waals surface area contributed by atoms with Crippen molar-refractivity contribution in [2.24, 2.45) is 0 Å². The summed E-state index contributed by atoms with van der Waals surface area (Å²) < 4.78 is 25.1. The minimum absolute atomic E-state index is 0.120. The largest absolute Gasteiger partial charge is 0.493 e. The summed E-state index contributed by atoms with van der Waals surface area (Å²) in [6.07, 6.45) is 1.33. The second kappa shape index (κ2) is 10.3. The van der Waals surface area contributed by atoms with E-state index in [-0.39, 0.29) is 17.9 Å². The van der Waals surface area contributed by atoms with Crippen molar-refractivity contribution in [2.45, 2.75) is 6.61 Å². The number of benzene rings is 3. The van der Waals surface area contributed by atoms with Gasteiger partial charge in [0.1, 0.15) is 18.0 Å². The average molecular weight is 560 g/mol. The molecule has 0 unspecified atom stereocenters. The molecule has 1 heterocycles. The fraction of sp³-hybridized carbons (Fsp3) is 0.0800. The van der Waals surface area contributed by atoms with Gasteiger partial charge in [-0.05, 0) is 65.7 Å². The average Bonchev–Trinajstić information content (AvgIpc) is 2.83. The maximum Gasteiger partial charge on any atom is 0.335 e. The Morgan fingerprint density at radius 2 is 1.71 bits per heavy atom. The molecule has 0 spiro atoms. The van der Waals surface area contributed by atoms with Gasteiger partial charge in [0.05, 0.1) is 12.8 Å². The van der Waals surface area contributed by atoms with Crippen LogP contribution in [0.4, 0.5) is 14.9 Å². The zero-order valence-corrected chi connectivity index (χ0v) is 20.5. The number of hydrogen-bond acceptors (Lipinski definition) is 5. The lowest BCUT2D eigenvalue weighted by molar-refractivity contribution is -0.122. The van der Waals surface area contributed by atoms with Crippen LogP contribution in [0.5, 0.6) is 11.5 Å². The molecule has 4 amide bonds. The number of hydrogen-bond donors (Lipinski definition) is 1. The van der Waals surface area contributed by atoms with Crippen molar-refractivity contribution in [1.82, 2.24) is 5.32 Å². The van der Waals surface area contributed by atoms with Crippen LogP contribution in [-0.4, -0.2) is 25.0 Å². The number of methoxy groups -OCH3 is 1. The van der Waals surface area contributed by atoms with Gasteiger partial charge in [-0.3, -0.25) is 14.9 Å². The van der Waals surface area contributed by atoms with Gasteiger partial charge >= 0.3 is 6.03 Å². The molecule has 1 aliphatic heterocycles. The number of rotatable bonds is 6. The molecule has 3 aromatic carbocycles. The van der Waals surface area contributed by atoms with Crippen molar-refractivity contribution in [1.29, 1.82) is 0 Å². The Morgan fingerprint density at radius 3 is 2.37 bits per heavy atom. The van der Waals surface area contributed by atoms with Crippen molar-refractivity contribution >= 4 is 57.1 Å². The molecule has 0 radical (unpaired) electrons. The molecule has 0 atom stereocenters. The van der Waals surface area contributed by atoms with E-state index in [2.05, 4.69) is 21.2 Å². The summed E-state index contributed by atoms with van der Waals surface area (Å²) in [5.74, 6) is -1.44. The first-order chi connectivity index (χ1) is 16.8. The highest BCUT2D eigenvalue weighted by Gasteiger charge is 2.37. The maximum atomic E-state index is 13.3. The van der Waals surface area contributed by atoms with Crippen molar-refractivity contribution in [3.63, 3.8) is 0 Å². The third-order valence-corrected chi connectivity index (χ3v) is 6.02. The van der Waals surface area contributed by atoms with Gasteiger partial charge < -0.3 is 9.47 Å². The molecule has 4 rings (SSSR count). The quantitative estimate of drug-likeness (QED) is 0.319. The van der Waals surface area contributed by atoms with Crippen molar-refractivity contribution in [3.8, 4) is 11.5 Å². The number of nitrogens with zero attached hydrogens (tertiary/aromatic N) is 1. The third kappa shape index (κ3) is 5.36. The Hall–Kier alpha value is -3.69. The molecule has 1 saturated heterocycles. The molecule has 0 aliphatic carbocycles. The zero-order valence-electron chi connectivity index (χ0n) is 18.2. The zero-order chi connectivity index (χ0) is 25.1. The number of halogens is 3. The monoisotopic (exact) mass is 558 g/mol. The fourth-order valence-electron chi connectivity index (χ4n) is 3.31. The van der Waals surface area contributed by atoms with Crippen LogP contribution in [0.25, 0.3) is 6.08 Å². The summed E-state index contributed by atoms with van der Waals surface area (Å²) in [6, 6.07) is 14.3. The van der Waals surface area contributed by atoms with Crippen LogP contribution in [0.15, 0.2) is 70.7 Å². The predicted molar refractivity (Wildman–Crippen MR) is 132 cm³/mol. The van der Waals surface area contributed by atoms with Crippen molar-refractivity contribution in [3.05, 3.63) is 92.7 Å². The number of amides is 4. The van der Waals surface area contributed by atoms with Crippen LogP contribution in [0.1, 0.15) is 11.1 Å². The Morgan fingerprint density at radius 1 is 1.03 bits per heavy atom. The summed E-state index contributed by atoms with van der Waals surface area (Å²) in [5.41, 5.74) is 1.17. The summed E-state index contributed by atoms with van der Waals surface area (Å²) >= 11 is 9.34. The molecular formula is C25H17BrClFN2O5.